The lowest BCUT2D eigenvalue weighted by Gasteiger charge is -2.33. The largest absolute Gasteiger partial charge is 0.460 e. The van der Waals surface area contributed by atoms with Crippen molar-refractivity contribution in [1.29, 1.82) is 0 Å². The summed E-state index contributed by atoms with van der Waals surface area (Å²) in [6.07, 6.45) is 9.02. The average molecular weight is 405 g/mol. The Morgan fingerprint density at radius 3 is 2.34 bits per heavy atom. The second-order valence-corrected chi connectivity index (χ2v) is 9.14. The minimum atomic E-state index is -0.368. The second-order valence-electron chi connectivity index (χ2n) is 9.14. The Bertz CT molecular complexity index is 595. The third-order valence-electron chi connectivity index (χ3n) is 5.23. The number of morpholine rings is 1. The number of unbranched alkanes of at least 4 members (excludes halogenated alkanes) is 6. The predicted octanol–water partition coefficient (Wildman–Crippen LogP) is 5.10. The van der Waals surface area contributed by atoms with Gasteiger partial charge in [-0.15, -0.1) is 0 Å². The average Bonchev–Trinajstić information content (AvgIpc) is 2.66. The van der Waals surface area contributed by atoms with Gasteiger partial charge in [0.15, 0.2) is 0 Å². The zero-order valence-electron chi connectivity index (χ0n) is 18.6. The van der Waals surface area contributed by atoms with Crippen LogP contribution >= 0.6 is 0 Å². The molecule has 0 radical (unpaired) electrons. The van der Waals surface area contributed by atoms with E-state index >= 15 is 0 Å². The Labute approximate surface area is 176 Å². The third kappa shape index (κ3) is 10.1. The molecule has 5 heteroatoms. The highest BCUT2D eigenvalue weighted by Crippen LogP contribution is 2.23. The first-order valence-corrected chi connectivity index (χ1v) is 11.2. The van der Waals surface area contributed by atoms with E-state index in [9.17, 15) is 4.79 Å². The van der Waals surface area contributed by atoms with Crippen molar-refractivity contribution < 1.29 is 14.3 Å². The van der Waals surface area contributed by atoms with E-state index in [1.165, 1.54) is 37.7 Å². The smallest absolute Gasteiger partial charge is 0.306 e. The van der Waals surface area contributed by atoms with Gasteiger partial charge in [0, 0.05) is 25.2 Å². The normalized spacial score (nSPS) is 18.0. The minimum Gasteiger partial charge on any atom is -0.460 e. The van der Waals surface area contributed by atoms with Crippen molar-refractivity contribution in [2.75, 3.05) is 32.0 Å². The molecule has 1 aromatic carbocycles. The van der Waals surface area contributed by atoms with Crippen LogP contribution < -0.4 is 5.73 Å². The second kappa shape index (κ2) is 12.2. The fourth-order valence-corrected chi connectivity index (χ4v) is 3.70. The van der Waals surface area contributed by atoms with Crippen LogP contribution in [0.15, 0.2) is 24.3 Å². The van der Waals surface area contributed by atoms with E-state index in [1.807, 2.05) is 32.9 Å². The number of carbonyl (C=O) groups excluding carboxylic acids is 1. The lowest BCUT2D eigenvalue weighted by molar-refractivity contribution is -0.154. The lowest BCUT2D eigenvalue weighted by Crippen LogP contribution is -2.38. The van der Waals surface area contributed by atoms with E-state index < -0.39 is 0 Å². The molecular formula is C24H40N2O3. The van der Waals surface area contributed by atoms with Crippen molar-refractivity contribution in [2.24, 2.45) is 0 Å². The van der Waals surface area contributed by atoms with E-state index in [1.54, 1.807) is 0 Å². The number of rotatable bonds is 11. The van der Waals surface area contributed by atoms with Crippen LogP contribution in [0.4, 0.5) is 5.69 Å². The van der Waals surface area contributed by atoms with Crippen molar-refractivity contribution in [3.8, 4) is 0 Å². The molecule has 0 amide bonds. The molecule has 2 N–H and O–H groups in total. The lowest BCUT2D eigenvalue weighted by atomic mass is 10.1. The third-order valence-corrected chi connectivity index (χ3v) is 5.23. The number of benzene rings is 1. The van der Waals surface area contributed by atoms with E-state index in [4.69, 9.17) is 15.2 Å². The van der Waals surface area contributed by atoms with Crippen molar-refractivity contribution in [1.82, 2.24) is 4.90 Å². The highest BCUT2D eigenvalue weighted by Gasteiger charge is 2.21. The molecule has 1 aliphatic heterocycles. The van der Waals surface area contributed by atoms with Crippen molar-refractivity contribution in [2.45, 2.75) is 83.8 Å². The highest BCUT2D eigenvalue weighted by molar-refractivity contribution is 5.69. The van der Waals surface area contributed by atoms with Gasteiger partial charge in [-0.1, -0.05) is 44.2 Å². The summed E-state index contributed by atoms with van der Waals surface area (Å²) in [7, 11) is 0. The minimum absolute atomic E-state index is 0.0692. The molecule has 0 unspecified atom stereocenters. The topological polar surface area (TPSA) is 64.8 Å². The quantitative estimate of drug-likeness (QED) is 0.316. The van der Waals surface area contributed by atoms with E-state index in [2.05, 4.69) is 17.0 Å². The number of ether oxygens (including phenoxy) is 2. The van der Waals surface area contributed by atoms with Crippen LogP contribution in [0.1, 0.15) is 83.8 Å². The van der Waals surface area contributed by atoms with Crippen LogP contribution in [0.5, 0.6) is 0 Å². The fraction of sp³-hybridized carbons (Fsp3) is 0.708. The van der Waals surface area contributed by atoms with Crippen LogP contribution in [0.25, 0.3) is 0 Å². The SMILES string of the molecule is CC(C)(C)OC(=O)CCCCCCCCCN1CCO[C@@H](c2ccc(N)cc2)C1. The first kappa shape index (κ1) is 23.7. The van der Waals surface area contributed by atoms with Gasteiger partial charge in [-0.3, -0.25) is 9.69 Å². The first-order valence-electron chi connectivity index (χ1n) is 11.2. The molecule has 2 rings (SSSR count). The van der Waals surface area contributed by atoms with E-state index in [-0.39, 0.29) is 17.7 Å². The van der Waals surface area contributed by atoms with Gasteiger partial charge in [0.1, 0.15) is 5.60 Å². The molecule has 164 valence electrons. The zero-order chi connectivity index (χ0) is 21.1. The van der Waals surface area contributed by atoms with Crippen LogP contribution in [0, 0.1) is 0 Å². The molecule has 0 spiro atoms. The number of hydrogen-bond donors (Lipinski definition) is 1. The maximum absolute atomic E-state index is 11.7. The molecule has 29 heavy (non-hydrogen) atoms. The number of nitrogens with zero attached hydrogens (tertiary/aromatic N) is 1. The summed E-state index contributed by atoms with van der Waals surface area (Å²) in [5.74, 6) is -0.0692. The van der Waals surface area contributed by atoms with Crippen LogP contribution in [-0.4, -0.2) is 42.7 Å². The molecular weight excluding hydrogens is 364 g/mol. The first-order chi connectivity index (χ1) is 13.8. The van der Waals surface area contributed by atoms with Crippen LogP contribution in [0.2, 0.25) is 0 Å². The fourth-order valence-electron chi connectivity index (χ4n) is 3.70. The molecule has 1 saturated heterocycles. The summed E-state index contributed by atoms with van der Waals surface area (Å²) in [5, 5.41) is 0. The standard InChI is InChI=1S/C24H40N2O3/c1-24(2,3)29-23(27)11-9-7-5-4-6-8-10-16-26-17-18-28-22(19-26)20-12-14-21(25)15-13-20/h12-15,22H,4-11,16-19,25H2,1-3H3/t22-/m1/s1. The van der Waals surface area contributed by atoms with Crippen molar-refractivity contribution in [3.05, 3.63) is 29.8 Å². The summed E-state index contributed by atoms with van der Waals surface area (Å²) >= 11 is 0. The van der Waals surface area contributed by atoms with E-state index in [0.29, 0.717) is 6.42 Å². The molecule has 1 aliphatic rings. The van der Waals surface area contributed by atoms with E-state index in [0.717, 1.165) is 44.8 Å². The van der Waals surface area contributed by atoms with Gasteiger partial charge in [0.05, 0.1) is 12.7 Å². The molecule has 0 saturated carbocycles. The maximum Gasteiger partial charge on any atom is 0.306 e. The van der Waals surface area contributed by atoms with Gasteiger partial charge in [0.2, 0.25) is 0 Å². The van der Waals surface area contributed by atoms with Crippen molar-refractivity contribution >= 4 is 11.7 Å². The van der Waals surface area contributed by atoms with Gasteiger partial charge in [-0.2, -0.15) is 0 Å². The monoisotopic (exact) mass is 404 g/mol. The Morgan fingerprint density at radius 2 is 1.69 bits per heavy atom. The molecule has 5 nitrogen and oxygen atoms in total. The van der Waals surface area contributed by atoms with Crippen LogP contribution in [0.3, 0.4) is 0 Å². The van der Waals surface area contributed by atoms with Gasteiger partial charge in [0.25, 0.3) is 0 Å². The number of esters is 1. The number of carbonyl (C=O) groups is 1. The summed E-state index contributed by atoms with van der Waals surface area (Å²) in [6, 6.07) is 8.05. The highest BCUT2D eigenvalue weighted by atomic mass is 16.6. The number of anilines is 1. The molecule has 0 bridgehead atoms. The molecule has 0 aromatic heterocycles. The molecule has 1 aromatic rings. The Kier molecular flexibility index (Phi) is 9.95. The maximum atomic E-state index is 11.7. The molecule has 1 atom stereocenters. The van der Waals surface area contributed by atoms with Gasteiger partial charge in [-0.05, 0) is 57.9 Å². The Balaban J connectivity index is 1.48. The molecule has 0 aliphatic carbocycles. The van der Waals surface area contributed by atoms with Gasteiger partial charge >= 0.3 is 5.97 Å². The van der Waals surface area contributed by atoms with Gasteiger partial charge in [-0.25, -0.2) is 0 Å². The van der Waals surface area contributed by atoms with Crippen molar-refractivity contribution in [3.63, 3.8) is 0 Å². The number of nitrogens with two attached hydrogens (primary N) is 1. The summed E-state index contributed by atoms with van der Waals surface area (Å²) in [4.78, 5) is 14.2. The zero-order valence-corrected chi connectivity index (χ0v) is 18.6. The Morgan fingerprint density at radius 1 is 1.07 bits per heavy atom. The summed E-state index contributed by atoms with van der Waals surface area (Å²) < 4.78 is 11.3. The summed E-state index contributed by atoms with van der Waals surface area (Å²) in [6.45, 7) is 9.69. The predicted molar refractivity (Wildman–Crippen MR) is 119 cm³/mol. The molecule has 1 heterocycles. The molecule has 1 fully saturated rings. The number of hydrogen-bond acceptors (Lipinski definition) is 5. The van der Waals surface area contributed by atoms with Crippen LogP contribution in [-0.2, 0) is 14.3 Å². The number of nitrogen functional groups attached to an aromatic ring is 1. The van der Waals surface area contributed by atoms with Gasteiger partial charge < -0.3 is 15.2 Å². The summed E-state index contributed by atoms with van der Waals surface area (Å²) in [5.41, 5.74) is 7.43. The Hall–Kier alpha value is -1.59.